The number of hydrogen-bond acceptors (Lipinski definition) is 5. The molecule has 2 aromatic carbocycles. The maximum absolute atomic E-state index is 12.5. The molecule has 26 heavy (non-hydrogen) atoms. The molecule has 2 rings (SSSR count). The van der Waals surface area contributed by atoms with Crippen LogP contribution in [0.4, 0.5) is 0 Å². The first-order valence-corrected chi connectivity index (χ1v) is 9.43. The zero-order valence-corrected chi connectivity index (χ0v) is 18.5. The van der Waals surface area contributed by atoms with E-state index in [1.54, 1.807) is 0 Å². The van der Waals surface area contributed by atoms with E-state index in [4.69, 9.17) is 4.74 Å². The molecule has 0 bridgehead atoms. The van der Waals surface area contributed by atoms with Crippen molar-refractivity contribution >= 4 is 16.1 Å². The standard InChI is InChI=1S/C19H22O5S.Na/c1-12(2)16-6-5-7-17(13(3)4)18(16)24-19(20)14-8-10-15(11-9-14)25(21,22)23;/h5-13H,1-4H3,(H,21,22,23);/q;+1/p-1. The Morgan fingerprint density at radius 1 is 0.923 bits per heavy atom. The quantitative estimate of drug-likeness (QED) is 0.333. The van der Waals surface area contributed by atoms with Crippen LogP contribution in [0.3, 0.4) is 0 Å². The number of carbonyl (C=O) groups excluding carboxylic acids is 1. The van der Waals surface area contributed by atoms with Gasteiger partial charge in [-0.3, -0.25) is 0 Å². The average molecular weight is 384 g/mol. The van der Waals surface area contributed by atoms with Gasteiger partial charge < -0.3 is 9.29 Å². The molecule has 0 unspecified atom stereocenters. The fraction of sp³-hybridized carbons (Fsp3) is 0.316. The van der Waals surface area contributed by atoms with Crippen molar-refractivity contribution in [3.05, 3.63) is 59.2 Å². The molecular weight excluding hydrogens is 363 g/mol. The van der Waals surface area contributed by atoms with Crippen LogP contribution in [0.1, 0.15) is 61.0 Å². The Bertz CT molecular complexity index is 845. The second-order valence-electron chi connectivity index (χ2n) is 6.44. The Morgan fingerprint density at radius 2 is 1.38 bits per heavy atom. The van der Waals surface area contributed by atoms with Gasteiger partial charge in [0.15, 0.2) is 0 Å². The minimum Gasteiger partial charge on any atom is -0.744 e. The van der Waals surface area contributed by atoms with Crippen LogP contribution in [-0.4, -0.2) is 18.9 Å². The third-order valence-corrected chi connectivity index (χ3v) is 4.74. The Labute approximate surface area is 176 Å². The topological polar surface area (TPSA) is 83.5 Å². The summed E-state index contributed by atoms with van der Waals surface area (Å²) >= 11 is 0. The van der Waals surface area contributed by atoms with Crippen molar-refractivity contribution in [2.75, 3.05) is 0 Å². The summed E-state index contributed by atoms with van der Waals surface area (Å²) in [4.78, 5) is 12.1. The summed E-state index contributed by atoms with van der Waals surface area (Å²) in [5.74, 6) is 0.298. The van der Waals surface area contributed by atoms with E-state index in [-0.39, 0.29) is 51.9 Å². The van der Waals surface area contributed by atoms with E-state index in [9.17, 15) is 17.8 Å². The summed E-state index contributed by atoms with van der Waals surface area (Å²) in [7, 11) is -4.54. The molecule has 0 amide bonds. The summed E-state index contributed by atoms with van der Waals surface area (Å²) in [6.45, 7) is 8.07. The van der Waals surface area contributed by atoms with Crippen molar-refractivity contribution in [1.29, 1.82) is 0 Å². The molecule has 0 N–H and O–H groups in total. The van der Waals surface area contributed by atoms with Crippen LogP contribution in [0.5, 0.6) is 5.75 Å². The van der Waals surface area contributed by atoms with Gasteiger partial charge in [0.25, 0.3) is 0 Å². The minimum atomic E-state index is -4.54. The number of esters is 1. The van der Waals surface area contributed by atoms with Crippen LogP contribution in [0.2, 0.25) is 0 Å². The smallest absolute Gasteiger partial charge is 0.744 e. The number of para-hydroxylation sites is 1. The van der Waals surface area contributed by atoms with Crippen LogP contribution < -0.4 is 34.3 Å². The molecule has 0 aliphatic carbocycles. The zero-order chi connectivity index (χ0) is 18.8. The molecule has 0 aliphatic rings. The average Bonchev–Trinajstić information content (AvgIpc) is 2.53. The second kappa shape index (κ2) is 9.15. The molecule has 0 aliphatic heterocycles. The molecule has 0 atom stereocenters. The number of hydrogen-bond donors (Lipinski definition) is 0. The Kier molecular flexibility index (Phi) is 8.04. The molecule has 5 nitrogen and oxygen atoms in total. The summed E-state index contributed by atoms with van der Waals surface area (Å²) < 4.78 is 38.6. The van der Waals surface area contributed by atoms with Gasteiger partial charge >= 0.3 is 35.5 Å². The number of ether oxygens (including phenoxy) is 1. The van der Waals surface area contributed by atoms with E-state index < -0.39 is 16.1 Å². The minimum absolute atomic E-state index is 0. The van der Waals surface area contributed by atoms with Crippen molar-refractivity contribution in [1.82, 2.24) is 0 Å². The Balaban J connectivity index is 0.00000338. The van der Waals surface area contributed by atoms with Gasteiger partial charge in [-0.25, -0.2) is 13.2 Å². The molecule has 0 spiro atoms. The van der Waals surface area contributed by atoms with Crippen molar-refractivity contribution in [3.63, 3.8) is 0 Å². The SMILES string of the molecule is CC(C)c1cccc(C(C)C)c1OC(=O)c1ccc(S(=O)(=O)[O-])cc1.[Na+]. The van der Waals surface area contributed by atoms with Crippen LogP contribution in [-0.2, 0) is 10.1 Å². The molecule has 0 fully saturated rings. The molecule has 0 heterocycles. The Morgan fingerprint density at radius 3 is 1.77 bits per heavy atom. The normalized spacial score (nSPS) is 11.3. The fourth-order valence-electron chi connectivity index (χ4n) is 2.51. The second-order valence-corrected chi connectivity index (χ2v) is 7.82. The predicted octanol–water partition coefficient (Wildman–Crippen LogP) is 1.06. The number of rotatable bonds is 5. The van der Waals surface area contributed by atoms with Crippen molar-refractivity contribution in [2.24, 2.45) is 0 Å². The molecule has 134 valence electrons. The van der Waals surface area contributed by atoms with Gasteiger partial charge in [0.05, 0.1) is 10.5 Å². The molecule has 7 heteroatoms. The van der Waals surface area contributed by atoms with Gasteiger partial charge in [-0.05, 0) is 47.2 Å². The molecule has 0 saturated heterocycles. The first-order valence-electron chi connectivity index (χ1n) is 8.02. The molecule has 2 aromatic rings. The van der Waals surface area contributed by atoms with E-state index >= 15 is 0 Å². The van der Waals surface area contributed by atoms with Crippen molar-refractivity contribution in [2.45, 2.75) is 44.4 Å². The fourth-order valence-corrected chi connectivity index (χ4v) is 2.98. The summed E-state index contributed by atoms with van der Waals surface area (Å²) in [5.41, 5.74) is 2.04. The van der Waals surface area contributed by atoms with Crippen molar-refractivity contribution < 1.29 is 52.1 Å². The van der Waals surface area contributed by atoms with Gasteiger partial charge in [0, 0.05) is 0 Å². The van der Waals surface area contributed by atoms with Crippen LogP contribution in [0.15, 0.2) is 47.4 Å². The summed E-state index contributed by atoms with van der Waals surface area (Å²) in [6.07, 6.45) is 0. The van der Waals surface area contributed by atoms with E-state index in [1.807, 2.05) is 45.9 Å². The maximum atomic E-state index is 12.5. The van der Waals surface area contributed by atoms with Gasteiger partial charge in [0.2, 0.25) is 0 Å². The van der Waals surface area contributed by atoms with Gasteiger partial charge in [-0.15, -0.1) is 0 Å². The van der Waals surface area contributed by atoms with E-state index in [0.29, 0.717) is 5.75 Å². The van der Waals surface area contributed by atoms with E-state index in [0.717, 1.165) is 23.3 Å². The summed E-state index contributed by atoms with van der Waals surface area (Å²) in [5, 5.41) is 0. The van der Waals surface area contributed by atoms with E-state index in [1.165, 1.54) is 12.1 Å². The number of benzene rings is 2. The third-order valence-electron chi connectivity index (χ3n) is 3.89. The molecular formula is C19H21NaO5S. The van der Waals surface area contributed by atoms with Crippen LogP contribution in [0, 0.1) is 0 Å². The molecule has 0 saturated carbocycles. The van der Waals surface area contributed by atoms with Gasteiger partial charge in [-0.2, -0.15) is 0 Å². The monoisotopic (exact) mass is 384 g/mol. The zero-order valence-electron chi connectivity index (χ0n) is 15.6. The van der Waals surface area contributed by atoms with Crippen molar-refractivity contribution in [3.8, 4) is 5.75 Å². The molecule has 0 radical (unpaired) electrons. The maximum Gasteiger partial charge on any atom is 1.00 e. The van der Waals surface area contributed by atoms with E-state index in [2.05, 4.69) is 0 Å². The molecule has 0 aromatic heterocycles. The van der Waals surface area contributed by atoms with Gasteiger partial charge in [-0.1, -0.05) is 45.9 Å². The number of carbonyl (C=O) groups is 1. The Hall–Kier alpha value is -1.18. The largest absolute Gasteiger partial charge is 1.00 e. The summed E-state index contributed by atoms with van der Waals surface area (Å²) in [6, 6.07) is 10.6. The van der Waals surface area contributed by atoms with Gasteiger partial charge in [0.1, 0.15) is 15.9 Å². The first-order chi connectivity index (χ1) is 11.6. The van der Waals surface area contributed by atoms with Crippen LogP contribution in [0.25, 0.3) is 0 Å². The van der Waals surface area contributed by atoms with Crippen LogP contribution >= 0.6 is 0 Å². The predicted molar refractivity (Wildman–Crippen MR) is 94.0 cm³/mol. The first kappa shape index (κ1) is 22.9. The third kappa shape index (κ3) is 5.41.